The van der Waals surface area contributed by atoms with E-state index in [1.54, 1.807) is 11.3 Å². The molecule has 1 aromatic carbocycles. The van der Waals surface area contributed by atoms with E-state index in [1.807, 2.05) is 54.8 Å². The molecule has 3 aromatic heterocycles. The summed E-state index contributed by atoms with van der Waals surface area (Å²) >= 11 is 1.54. The van der Waals surface area contributed by atoms with Crippen LogP contribution in [-0.4, -0.2) is 15.9 Å². The van der Waals surface area contributed by atoms with E-state index in [0.717, 1.165) is 15.8 Å². The Bertz CT molecular complexity index is 953. The molecule has 4 aromatic rings. The van der Waals surface area contributed by atoms with Gasteiger partial charge in [-0.1, -0.05) is 29.4 Å². The third kappa shape index (κ3) is 2.93. The molecule has 24 heavy (non-hydrogen) atoms. The van der Waals surface area contributed by atoms with Crippen LogP contribution in [0.25, 0.3) is 21.7 Å². The maximum Gasteiger partial charge on any atom is 0.257 e. The second-order valence-electron chi connectivity index (χ2n) is 5.08. The summed E-state index contributed by atoms with van der Waals surface area (Å²) in [6.45, 7) is 1.93. The zero-order valence-corrected chi connectivity index (χ0v) is 13.6. The smallest absolute Gasteiger partial charge is 0.257 e. The minimum Gasteiger partial charge on any atom is -0.455 e. The van der Waals surface area contributed by atoms with Crippen LogP contribution in [0.5, 0.6) is 0 Å². The van der Waals surface area contributed by atoms with E-state index >= 15 is 0 Å². The van der Waals surface area contributed by atoms with Gasteiger partial charge in [0.2, 0.25) is 0 Å². The van der Waals surface area contributed by atoms with Gasteiger partial charge in [-0.25, -0.2) is 0 Å². The van der Waals surface area contributed by atoms with Gasteiger partial charge >= 0.3 is 0 Å². The van der Waals surface area contributed by atoms with Crippen molar-refractivity contribution in [3.05, 3.63) is 59.5 Å². The van der Waals surface area contributed by atoms with Crippen molar-refractivity contribution < 1.29 is 13.7 Å². The standard InChI is InChI=1S/C17H13N3O3S/c1-11(14-9-12-5-2-3-6-13(12)22-14)20-21-10-16-18-19-17(23-16)15-7-4-8-24-15/h2-9H,10H2,1H3/b20-11+. The fourth-order valence-electron chi connectivity index (χ4n) is 2.20. The molecular weight excluding hydrogens is 326 g/mol. The van der Waals surface area contributed by atoms with Crippen LogP contribution in [0.4, 0.5) is 0 Å². The second-order valence-corrected chi connectivity index (χ2v) is 6.02. The SMILES string of the molecule is C/C(=N\OCc1nnc(-c2cccs2)o1)c1cc2ccccc2o1. The van der Waals surface area contributed by atoms with Crippen molar-refractivity contribution >= 4 is 28.0 Å². The van der Waals surface area contributed by atoms with E-state index in [-0.39, 0.29) is 6.61 Å². The van der Waals surface area contributed by atoms with Crippen molar-refractivity contribution in [1.82, 2.24) is 10.2 Å². The highest BCUT2D eigenvalue weighted by Gasteiger charge is 2.10. The summed E-state index contributed by atoms with van der Waals surface area (Å²) in [7, 11) is 0. The van der Waals surface area contributed by atoms with Gasteiger partial charge < -0.3 is 13.7 Å². The Morgan fingerprint density at radius 2 is 2.08 bits per heavy atom. The molecule has 0 atom stereocenters. The first-order valence-corrected chi connectivity index (χ1v) is 8.19. The highest BCUT2D eigenvalue weighted by molar-refractivity contribution is 7.13. The summed E-state index contributed by atoms with van der Waals surface area (Å²) in [5.74, 6) is 1.53. The zero-order chi connectivity index (χ0) is 16.4. The fourth-order valence-corrected chi connectivity index (χ4v) is 2.85. The summed E-state index contributed by atoms with van der Waals surface area (Å²) < 4.78 is 11.3. The van der Waals surface area contributed by atoms with Crippen LogP contribution >= 0.6 is 11.3 Å². The van der Waals surface area contributed by atoms with E-state index in [0.29, 0.717) is 23.3 Å². The molecule has 0 unspecified atom stereocenters. The monoisotopic (exact) mass is 339 g/mol. The molecule has 3 heterocycles. The third-order valence-electron chi connectivity index (χ3n) is 3.37. The second kappa shape index (κ2) is 6.29. The first-order valence-electron chi connectivity index (χ1n) is 7.31. The topological polar surface area (TPSA) is 73.7 Å². The lowest BCUT2D eigenvalue weighted by molar-refractivity contribution is 0.111. The average Bonchev–Trinajstić information content (AvgIpc) is 3.33. The lowest BCUT2D eigenvalue weighted by Gasteiger charge is -1.96. The van der Waals surface area contributed by atoms with Crippen LogP contribution in [0.15, 0.2) is 61.8 Å². The van der Waals surface area contributed by atoms with Crippen molar-refractivity contribution in [1.29, 1.82) is 0 Å². The molecule has 0 fully saturated rings. The van der Waals surface area contributed by atoms with E-state index in [9.17, 15) is 0 Å². The molecule has 0 radical (unpaired) electrons. The van der Waals surface area contributed by atoms with Crippen LogP contribution in [0, 0.1) is 0 Å². The number of fused-ring (bicyclic) bond motifs is 1. The van der Waals surface area contributed by atoms with Gasteiger partial charge in [-0.05, 0) is 30.5 Å². The number of hydrogen-bond donors (Lipinski definition) is 0. The Balaban J connectivity index is 1.43. The van der Waals surface area contributed by atoms with Gasteiger partial charge in [0.05, 0.1) is 4.88 Å². The lowest BCUT2D eigenvalue weighted by Crippen LogP contribution is -1.95. The van der Waals surface area contributed by atoms with Gasteiger partial charge in [0.15, 0.2) is 12.4 Å². The van der Waals surface area contributed by atoms with Crippen LogP contribution in [0.1, 0.15) is 18.6 Å². The van der Waals surface area contributed by atoms with Gasteiger partial charge in [-0.2, -0.15) is 0 Å². The molecule has 0 N–H and O–H groups in total. The lowest BCUT2D eigenvalue weighted by atomic mass is 10.2. The predicted molar refractivity (Wildman–Crippen MR) is 90.8 cm³/mol. The molecular formula is C17H13N3O3S. The Morgan fingerprint density at radius 3 is 2.92 bits per heavy atom. The molecule has 0 bridgehead atoms. The fraction of sp³-hybridized carbons (Fsp3) is 0.118. The summed E-state index contributed by atoms with van der Waals surface area (Å²) in [5, 5.41) is 15.0. The molecule has 0 spiro atoms. The van der Waals surface area contributed by atoms with Gasteiger partial charge in [0.1, 0.15) is 11.3 Å². The van der Waals surface area contributed by atoms with Gasteiger partial charge in [0.25, 0.3) is 11.8 Å². The molecule has 0 aliphatic carbocycles. The maximum atomic E-state index is 5.72. The number of para-hydroxylation sites is 1. The number of aromatic nitrogens is 2. The number of benzene rings is 1. The minimum atomic E-state index is 0.107. The number of furan rings is 1. The van der Waals surface area contributed by atoms with Crippen LogP contribution in [0.2, 0.25) is 0 Å². The molecule has 4 rings (SSSR count). The first-order chi connectivity index (χ1) is 11.8. The van der Waals surface area contributed by atoms with Crippen molar-refractivity contribution in [3.63, 3.8) is 0 Å². The number of oxime groups is 1. The quantitative estimate of drug-likeness (QED) is 0.396. The normalized spacial score (nSPS) is 12.0. The predicted octanol–water partition coefficient (Wildman–Crippen LogP) is 4.49. The molecule has 6 nitrogen and oxygen atoms in total. The summed E-state index contributed by atoms with van der Waals surface area (Å²) in [4.78, 5) is 6.22. The van der Waals surface area contributed by atoms with Crippen molar-refractivity contribution in [2.45, 2.75) is 13.5 Å². The molecule has 0 saturated heterocycles. The number of rotatable bonds is 5. The molecule has 0 saturated carbocycles. The Labute approximate surface area is 141 Å². The average molecular weight is 339 g/mol. The van der Waals surface area contributed by atoms with Gasteiger partial charge in [0, 0.05) is 5.39 Å². The largest absolute Gasteiger partial charge is 0.455 e. The highest BCUT2D eigenvalue weighted by atomic mass is 32.1. The minimum absolute atomic E-state index is 0.107. The molecule has 0 aliphatic rings. The Kier molecular flexibility index (Phi) is 3.84. The van der Waals surface area contributed by atoms with E-state index in [2.05, 4.69) is 15.4 Å². The van der Waals surface area contributed by atoms with Crippen LogP contribution < -0.4 is 0 Å². The Morgan fingerprint density at radius 1 is 1.17 bits per heavy atom. The molecule has 0 aliphatic heterocycles. The maximum absolute atomic E-state index is 5.72. The van der Waals surface area contributed by atoms with E-state index in [4.69, 9.17) is 13.7 Å². The molecule has 120 valence electrons. The van der Waals surface area contributed by atoms with Crippen LogP contribution in [-0.2, 0) is 11.4 Å². The summed E-state index contributed by atoms with van der Waals surface area (Å²) in [6.07, 6.45) is 0. The summed E-state index contributed by atoms with van der Waals surface area (Å²) in [6, 6.07) is 13.6. The number of thiophene rings is 1. The van der Waals surface area contributed by atoms with Crippen LogP contribution in [0.3, 0.4) is 0 Å². The highest BCUT2D eigenvalue weighted by Crippen LogP contribution is 2.23. The van der Waals surface area contributed by atoms with E-state index in [1.165, 1.54) is 0 Å². The molecule has 0 amide bonds. The van der Waals surface area contributed by atoms with E-state index < -0.39 is 0 Å². The number of hydrogen-bond acceptors (Lipinski definition) is 7. The van der Waals surface area contributed by atoms with Crippen molar-refractivity contribution in [2.24, 2.45) is 5.16 Å². The Hall–Kier alpha value is -2.93. The van der Waals surface area contributed by atoms with Gasteiger partial charge in [-0.3, -0.25) is 0 Å². The zero-order valence-electron chi connectivity index (χ0n) is 12.8. The first kappa shape index (κ1) is 14.6. The summed E-state index contributed by atoms with van der Waals surface area (Å²) in [5.41, 5.74) is 1.46. The molecule has 7 heteroatoms. The van der Waals surface area contributed by atoms with Gasteiger partial charge in [-0.15, -0.1) is 21.5 Å². The number of nitrogens with zero attached hydrogens (tertiary/aromatic N) is 3. The van der Waals surface area contributed by atoms with Crippen molar-refractivity contribution in [3.8, 4) is 10.8 Å². The third-order valence-corrected chi connectivity index (χ3v) is 4.23. The van der Waals surface area contributed by atoms with Crippen molar-refractivity contribution in [2.75, 3.05) is 0 Å².